The minimum atomic E-state index is -3.15. The third-order valence-electron chi connectivity index (χ3n) is 2.74. The third kappa shape index (κ3) is 5.99. The largest absolute Gasteiger partial charge is 0.355 e. The number of nitrogens with one attached hydrogen (secondary N) is 3. The second kappa shape index (κ2) is 6.93. The SMILES string of the molecule is CCS(=O)(=O)NCCNC(=O)CC1CCCN1. The molecule has 1 amide bonds. The maximum Gasteiger partial charge on any atom is 0.221 e. The van der Waals surface area contributed by atoms with E-state index in [0.717, 1.165) is 19.4 Å². The van der Waals surface area contributed by atoms with Crippen LogP contribution in [0.5, 0.6) is 0 Å². The van der Waals surface area contributed by atoms with E-state index in [1.165, 1.54) is 0 Å². The molecule has 6 nitrogen and oxygen atoms in total. The molecule has 0 aliphatic carbocycles. The Bertz CT molecular complexity index is 337. The highest BCUT2D eigenvalue weighted by molar-refractivity contribution is 7.89. The van der Waals surface area contributed by atoms with E-state index in [-0.39, 0.29) is 24.2 Å². The fourth-order valence-corrected chi connectivity index (χ4v) is 2.35. The van der Waals surface area contributed by atoms with E-state index in [2.05, 4.69) is 15.4 Å². The van der Waals surface area contributed by atoms with Crippen molar-refractivity contribution in [3.8, 4) is 0 Å². The number of hydrogen-bond acceptors (Lipinski definition) is 4. The van der Waals surface area contributed by atoms with Crippen LogP contribution in [-0.4, -0.2) is 45.8 Å². The molecule has 0 radical (unpaired) electrons. The number of hydrogen-bond donors (Lipinski definition) is 3. The van der Waals surface area contributed by atoms with Crippen LogP contribution in [0.4, 0.5) is 0 Å². The molecule has 1 aliphatic rings. The van der Waals surface area contributed by atoms with Gasteiger partial charge in [-0.1, -0.05) is 0 Å². The fraction of sp³-hybridized carbons (Fsp3) is 0.900. The third-order valence-corrected chi connectivity index (χ3v) is 4.15. The van der Waals surface area contributed by atoms with Gasteiger partial charge in [0, 0.05) is 25.6 Å². The lowest BCUT2D eigenvalue weighted by Gasteiger charge is -2.10. The predicted molar refractivity (Wildman–Crippen MR) is 66.1 cm³/mol. The Morgan fingerprint density at radius 2 is 2.18 bits per heavy atom. The van der Waals surface area contributed by atoms with Crippen LogP contribution in [0.2, 0.25) is 0 Å². The molecule has 17 heavy (non-hydrogen) atoms. The number of amides is 1. The summed E-state index contributed by atoms with van der Waals surface area (Å²) in [5.74, 6) is 0.0348. The van der Waals surface area contributed by atoms with Crippen LogP contribution < -0.4 is 15.4 Å². The van der Waals surface area contributed by atoms with Crippen molar-refractivity contribution in [2.45, 2.75) is 32.2 Å². The Morgan fingerprint density at radius 3 is 2.76 bits per heavy atom. The number of rotatable bonds is 7. The molecule has 1 heterocycles. The molecule has 1 saturated heterocycles. The van der Waals surface area contributed by atoms with Gasteiger partial charge in [0.2, 0.25) is 15.9 Å². The Morgan fingerprint density at radius 1 is 1.41 bits per heavy atom. The molecule has 1 fully saturated rings. The first kappa shape index (κ1) is 14.4. The first-order chi connectivity index (χ1) is 8.03. The van der Waals surface area contributed by atoms with E-state index in [4.69, 9.17) is 0 Å². The molecule has 1 rings (SSSR count). The van der Waals surface area contributed by atoms with Crippen molar-refractivity contribution in [1.29, 1.82) is 0 Å². The Hall–Kier alpha value is -0.660. The number of carbonyl (C=O) groups excluding carboxylic acids is 1. The Kier molecular flexibility index (Phi) is 5.87. The fourth-order valence-electron chi connectivity index (χ4n) is 1.74. The maximum atomic E-state index is 11.5. The molecule has 3 N–H and O–H groups in total. The van der Waals surface area contributed by atoms with Gasteiger partial charge >= 0.3 is 0 Å². The van der Waals surface area contributed by atoms with Crippen molar-refractivity contribution in [3.05, 3.63) is 0 Å². The van der Waals surface area contributed by atoms with Gasteiger partial charge in [-0.3, -0.25) is 4.79 Å². The van der Waals surface area contributed by atoms with E-state index in [1.807, 2.05) is 0 Å². The number of sulfonamides is 1. The second-order valence-electron chi connectivity index (χ2n) is 4.15. The van der Waals surface area contributed by atoms with Crippen molar-refractivity contribution in [3.63, 3.8) is 0 Å². The normalized spacial score (nSPS) is 20.4. The van der Waals surface area contributed by atoms with Gasteiger partial charge in [0.05, 0.1) is 5.75 Å². The molecule has 1 aliphatic heterocycles. The molecule has 1 unspecified atom stereocenters. The summed E-state index contributed by atoms with van der Waals surface area (Å²) in [6, 6.07) is 0.280. The van der Waals surface area contributed by atoms with Crippen LogP contribution in [0.15, 0.2) is 0 Å². The summed E-state index contributed by atoms with van der Waals surface area (Å²) in [4.78, 5) is 11.5. The second-order valence-corrected chi connectivity index (χ2v) is 6.24. The van der Waals surface area contributed by atoms with Gasteiger partial charge in [-0.05, 0) is 26.3 Å². The quantitative estimate of drug-likeness (QED) is 0.524. The van der Waals surface area contributed by atoms with Gasteiger partial charge in [0.15, 0.2) is 0 Å². The smallest absolute Gasteiger partial charge is 0.221 e. The highest BCUT2D eigenvalue weighted by Crippen LogP contribution is 2.07. The van der Waals surface area contributed by atoms with Crippen LogP contribution in [0.25, 0.3) is 0 Å². The molecular formula is C10H21N3O3S. The average molecular weight is 263 g/mol. The predicted octanol–water partition coefficient (Wildman–Crippen LogP) is -0.816. The maximum absolute atomic E-state index is 11.5. The van der Waals surface area contributed by atoms with Crippen molar-refractivity contribution in [2.24, 2.45) is 0 Å². The molecule has 0 aromatic heterocycles. The van der Waals surface area contributed by atoms with Crippen molar-refractivity contribution < 1.29 is 13.2 Å². The van der Waals surface area contributed by atoms with E-state index < -0.39 is 10.0 Å². The van der Waals surface area contributed by atoms with Crippen LogP contribution in [0.1, 0.15) is 26.2 Å². The summed E-state index contributed by atoms with van der Waals surface area (Å²) in [7, 11) is -3.15. The van der Waals surface area contributed by atoms with Gasteiger partial charge in [-0.2, -0.15) is 0 Å². The topological polar surface area (TPSA) is 87.3 Å². The van der Waals surface area contributed by atoms with E-state index >= 15 is 0 Å². The van der Waals surface area contributed by atoms with Gasteiger partial charge in [-0.15, -0.1) is 0 Å². The summed E-state index contributed by atoms with van der Waals surface area (Å²) in [5, 5.41) is 5.94. The molecule has 1 atom stereocenters. The van der Waals surface area contributed by atoms with E-state index in [0.29, 0.717) is 13.0 Å². The van der Waals surface area contributed by atoms with Gasteiger partial charge in [0.1, 0.15) is 0 Å². The summed E-state index contributed by atoms with van der Waals surface area (Å²) in [6.07, 6.45) is 2.63. The Balaban J connectivity index is 2.08. The Labute approximate surface area is 103 Å². The molecule has 0 bridgehead atoms. The highest BCUT2D eigenvalue weighted by Gasteiger charge is 2.17. The minimum absolute atomic E-state index is 0.0277. The summed E-state index contributed by atoms with van der Waals surface area (Å²) in [6.45, 7) is 3.14. The highest BCUT2D eigenvalue weighted by atomic mass is 32.2. The minimum Gasteiger partial charge on any atom is -0.355 e. The van der Waals surface area contributed by atoms with Gasteiger partial charge < -0.3 is 10.6 Å². The molecule has 0 spiro atoms. The van der Waals surface area contributed by atoms with Gasteiger partial charge in [0.25, 0.3) is 0 Å². The van der Waals surface area contributed by atoms with Crippen LogP contribution >= 0.6 is 0 Å². The van der Waals surface area contributed by atoms with Crippen molar-refractivity contribution in [1.82, 2.24) is 15.4 Å². The zero-order chi connectivity index (χ0) is 12.7. The molecule has 0 saturated carbocycles. The van der Waals surface area contributed by atoms with E-state index in [9.17, 15) is 13.2 Å². The first-order valence-corrected chi connectivity index (χ1v) is 7.66. The molecule has 0 aromatic carbocycles. The lowest BCUT2D eigenvalue weighted by atomic mass is 10.1. The summed E-state index contributed by atoms with van der Waals surface area (Å²) < 4.78 is 24.6. The monoisotopic (exact) mass is 263 g/mol. The lowest BCUT2D eigenvalue weighted by Crippen LogP contribution is -2.37. The molecule has 7 heteroatoms. The van der Waals surface area contributed by atoms with Crippen LogP contribution in [0.3, 0.4) is 0 Å². The average Bonchev–Trinajstić information content (AvgIpc) is 2.77. The van der Waals surface area contributed by atoms with Crippen molar-refractivity contribution >= 4 is 15.9 Å². The number of carbonyl (C=O) groups is 1. The zero-order valence-electron chi connectivity index (χ0n) is 10.2. The van der Waals surface area contributed by atoms with Crippen LogP contribution in [-0.2, 0) is 14.8 Å². The first-order valence-electron chi connectivity index (χ1n) is 6.01. The van der Waals surface area contributed by atoms with Crippen molar-refractivity contribution in [2.75, 3.05) is 25.4 Å². The molecule has 100 valence electrons. The lowest BCUT2D eigenvalue weighted by molar-refractivity contribution is -0.121. The molecule has 0 aromatic rings. The standard InChI is InChI=1S/C10H21N3O3S/c1-2-17(15,16)13-7-6-12-10(14)8-9-4-3-5-11-9/h9,11,13H,2-8H2,1H3,(H,12,14). The summed E-state index contributed by atoms with van der Waals surface area (Å²) >= 11 is 0. The van der Waals surface area contributed by atoms with E-state index in [1.54, 1.807) is 6.92 Å². The van der Waals surface area contributed by atoms with Gasteiger partial charge in [-0.25, -0.2) is 13.1 Å². The molecular weight excluding hydrogens is 242 g/mol. The van der Waals surface area contributed by atoms with Crippen LogP contribution in [0, 0.1) is 0 Å². The summed E-state index contributed by atoms with van der Waals surface area (Å²) in [5.41, 5.74) is 0. The zero-order valence-corrected chi connectivity index (χ0v) is 11.0.